The molecule has 0 saturated heterocycles. The van der Waals surface area contributed by atoms with Crippen LogP contribution in [0.2, 0.25) is 0 Å². The number of halogens is 4. The van der Waals surface area contributed by atoms with Crippen LogP contribution in [0.3, 0.4) is 0 Å². The molecule has 1 saturated carbocycles. The van der Waals surface area contributed by atoms with E-state index in [4.69, 9.17) is 0 Å². The fourth-order valence-corrected chi connectivity index (χ4v) is 5.42. The molecule has 3 aromatic heterocycles. The smallest absolute Gasteiger partial charge is 0.367 e. The van der Waals surface area contributed by atoms with Crippen molar-refractivity contribution in [2.45, 2.75) is 56.9 Å². The number of fused-ring (bicyclic) bond motifs is 1. The van der Waals surface area contributed by atoms with Crippen LogP contribution in [0.1, 0.15) is 36.1 Å². The number of thiophene rings is 1. The molecule has 186 valence electrons. The van der Waals surface area contributed by atoms with Gasteiger partial charge in [-0.05, 0) is 37.3 Å². The van der Waals surface area contributed by atoms with Gasteiger partial charge in [0.15, 0.2) is 5.82 Å². The lowest BCUT2D eigenvalue weighted by molar-refractivity contribution is -0.126. The minimum atomic E-state index is -4.24. The number of benzene rings is 1. The Bertz CT molecular complexity index is 1230. The lowest BCUT2D eigenvalue weighted by Crippen LogP contribution is -2.38. The lowest BCUT2D eigenvalue weighted by Gasteiger charge is -2.31. The average molecular weight is 524 g/mol. The molecule has 0 unspecified atom stereocenters. The van der Waals surface area contributed by atoms with E-state index in [0.717, 1.165) is 55.0 Å². The maximum atomic E-state index is 12.8. The molecule has 0 amide bonds. The van der Waals surface area contributed by atoms with E-state index >= 15 is 0 Å². The highest BCUT2D eigenvalue weighted by molar-refractivity contribution is 7.18. The van der Waals surface area contributed by atoms with Crippen LogP contribution in [0, 0.1) is 0 Å². The van der Waals surface area contributed by atoms with Crippen LogP contribution in [-0.2, 0) is 13.0 Å². The van der Waals surface area contributed by atoms with E-state index in [1.165, 1.54) is 11.9 Å². The number of hydrogen-bond acceptors (Lipinski definition) is 7. The van der Waals surface area contributed by atoms with Crippen molar-refractivity contribution in [3.63, 3.8) is 0 Å². The molecule has 1 aromatic carbocycles. The van der Waals surface area contributed by atoms with Crippen LogP contribution in [0.5, 0.6) is 0 Å². The molecule has 3 N–H and O–H groups in total. The maximum Gasteiger partial charge on any atom is 0.393 e. The number of H-pyrrole nitrogens is 1. The third kappa shape index (κ3) is 6.47. The summed E-state index contributed by atoms with van der Waals surface area (Å²) < 4.78 is 38.4. The molecule has 12 heteroatoms. The summed E-state index contributed by atoms with van der Waals surface area (Å²) in [6.45, 7) is 0.761. The van der Waals surface area contributed by atoms with Gasteiger partial charge in [0, 0.05) is 29.1 Å². The summed E-state index contributed by atoms with van der Waals surface area (Å²) in [5.41, 5.74) is 2.18. The lowest BCUT2D eigenvalue weighted by atomic mass is 9.90. The largest absolute Gasteiger partial charge is 0.393 e. The van der Waals surface area contributed by atoms with Crippen molar-refractivity contribution in [1.29, 1.82) is 0 Å². The summed E-state index contributed by atoms with van der Waals surface area (Å²) in [6, 6.07) is 10.3. The van der Waals surface area contributed by atoms with E-state index in [2.05, 4.69) is 47.9 Å². The number of nitrogens with zero attached hydrogens (tertiary/aromatic N) is 4. The van der Waals surface area contributed by atoms with Gasteiger partial charge in [0.25, 0.3) is 0 Å². The molecule has 3 heterocycles. The number of aromatic nitrogens is 5. The topological polar surface area (TPSA) is 91.4 Å². The van der Waals surface area contributed by atoms with Crippen molar-refractivity contribution in [1.82, 2.24) is 30.5 Å². The highest BCUT2D eigenvalue weighted by Gasteiger charge is 2.29. The molecular formula is C23H25ClF3N7S. The fraction of sp³-hybridized carbons (Fsp3) is 0.391. The number of aromatic amines is 1. The Hall–Kier alpha value is -2.76. The molecule has 2 atom stereocenters. The second-order valence-corrected chi connectivity index (χ2v) is 9.68. The molecule has 1 aliphatic carbocycles. The van der Waals surface area contributed by atoms with Crippen molar-refractivity contribution < 1.29 is 13.2 Å². The van der Waals surface area contributed by atoms with Crippen LogP contribution in [0.4, 0.5) is 19.0 Å². The van der Waals surface area contributed by atoms with Gasteiger partial charge in [-0.15, -0.1) is 33.9 Å². The van der Waals surface area contributed by atoms with Gasteiger partial charge in [-0.1, -0.05) is 24.3 Å². The monoisotopic (exact) mass is 523 g/mol. The average Bonchev–Trinajstić information content (AvgIpc) is 3.48. The first-order valence-corrected chi connectivity index (χ1v) is 12.0. The molecule has 1 fully saturated rings. The van der Waals surface area contributed by atoms with Crippen molar-refractivity contribution in [3.05, 3.63) is 53.4 Å². The van der Waals surface area contributed by atoms with Gasteiger partial charge in [0.2, 0.25) is 0 Å². The third-order valence-corrected chi connectivity index (χ3v) is 7.05. The normalized spacial score (nSPS) is 18.4. The van der Waals surface area contributed by atoms with Crippen LogP contribution < -0.4 is 10.6 Å². The minimum Gasteiger partial charge on any atom is -0.367 e. The number of rotatable bonds is 7. The predicted molar refractivity (Wildman–Crippen MR) is 133 cm³/mol. The van der Waals surface area contributed by atoms with Crippen LogP contribution in [-0.4, -0.2) is 43.4 Å². The molecule has 4 aromatic rings. The van der Waals surface area contributed by atoms with Crippen LogP contribution >= 0.6 is 23.7 Å². The molecule has 0 radical (unpaired) electrons. The molecule has 7 nitrogen and oxygen atoms in total. The van der Waals surface area contributed by atoms with Gasteiger partial charge >= 0.3 is 6.18 Å². The van der Waals surface area contributed by atoms with E-state index in [9.17, 15) is 13.2 Å². The molecule has 5 rings (SSSR count). The number of nitrogens with one attached hydrogen (secondary N) is 3. The summed E-state index contributed by atoms with van der Waals surface area (Å²) in [5.74, 6) is 1.36. The molecule has 0 bridgehead atoms. The van der Waals surface area contributed by atoms with Crippen molar-refractivity contribution >= 4 is 39.8 Å². The zero-order valence-corrected chi connectivity index (χ0v) is 20.3. The quantitative estimate of drug-likeness (QED) is 0.295. The van der Waals surface area contributed by atoms with Crippen molar-refractivity contribution in [3.8, 4) is 11.4 Å². The van der Waals surface area contributed by atoms with E-state index in [1.54, 1.807) is 12.4 Å². The van der Waals surface area contributed by atoms with Crippen LogP contribution in [0.25, 0.3) is 21.6 Å². The Kier molecular flexibility index (Phi) is 7.88. The van der Waals surface area contributed by atoms with E-state index in [1.807, 2.05) is 12.1 Å². The van der Waals surface area contributed by atoms with Gasteiger partial charge in [-0.2, -0.15) is 13.2 Å². The summed E-state index contributed by atoms with van der Waals surface area (Å²) >= 11 is 1.07. The highest BCUT2D eigenvalue weighted by Crippen LogP contribution is 2.33. The van der Waals surface area contributed by atoms with Crippen LogP contribution in [0.15, 0.2) is 43.0 Å². The molecular weight excluding hydrogens is 499 g/mol. The maximum absolute atomic E-state index is 12.8. The Labute approximate surface area is 210 Å². The zero-order chi connectivity index (χ0) is 23.5. The Morgan fingerprint density at radius 3 is 2.63 bits per heavy atom. The molecule has 0 spiro atoms. The van der Waals surface area contributed by atoms with Gasteiger partial charge < -0.3 is 15.6 Å². The molecule has 1 aliphatic rings. The summed E-state index contributed by atoms with van der Waals surface area (Å²) in [4.78, 5) is 12.3. The Morgan fingerprint density at radius 2 is 1.89 bits per heavy atom. The minimum absolute atomic E-state index is 0. The van der Waals surface area contributed by atoms with Gasteiger partial charge in [-0.3, -0.25) is 0 Å². The molecule has 35 heavy (non-hydrogen) atoms. The first kappa shape index (κ1) is 25.3. The van der Waals surface area contributed by atoms with Gasteiger partial charge in [0.1, 0.15) is 23.3 Å². The fourth-order valence-electron chi connectivity index (χ4n) is 4.39. The van der Waals surface area contributed by atoms with Gasteiger partial charge in [-0.25, -0.2) is 9.97 Å². The van der Waals surface area contributed by atoms with Crippen molar-refractivity contribution in [2.75, 3.05) is 5.32 Å². The highest BCUT2D eigenvalue weighted by atomic mass is 35.5. The van der Waals surface area contributed by atoms with E-state index in [0.29, 0.717) is 22.1 Å². The van der Waals surface area contributed by atoms with E-state index < -0.39 is 12.6 Å². The number of alkyl halides is 3. The molecule has 0 aliphatic heterocycles. The SMILES string of the molecule is Cl.FC(F)(F)Cc1cc2c(N[C@@H]3CCC[C@H](NCc4ccc(-c5nnc[nH]5)cc4)C3)ncnc2s1. The number of anilines is 1. The number of hydrogen-bond donors (Lipinski definition) is 3. The first-order valence-electron chi connectivity index (χ1n) is 11.2. The third-order valence-electron chi connectivity index (χ3n) is 6.01. The summed E-state index contributed by atoms with van der Waals surface area (Å²) in [7, 11) is 0. The second-order valence-electron chi connectivity index (χ2n) is 8.57. The zero-order valence-electron chi connectivity index (χ0n) is 18.7. The Morgan fingerprint density at radius 1 is 1.09 bits per heavy atom. The standard InChI is InChI=1S/C23H24F3N7S.ClH/c24-23(25,26)10-18-9-19-21(28-12-30-22(19)34-18)32-17-3-1-2-16(8-17)27-11-14-4-6-15(7-5-14)20-29-13-31-33-20;/h4-7,9,12-13,16-17,27H,1-3,8,10-11H2,(H,28,30,32)(H,29,31,33);1H/t16-,17+;/m0./s1. The summed E-state index contributed by atoms with van der Waals surface area (Å²) in [5, 5.41) is 15.6. The first-order chi connectivity index (χ1) is 16.4. The Balaban J connectivity index is 0.00000289. The van der Waals surface area contributed by atoms with E-state index in [-0.39, 0.29) is 23.3 Å². The van der Waals surface area contributed by atoms with Gasteiger partial charge in [0.05, 0.1) is 11.8 Å². The second kappa shape index (κ2) is 10.9. The predicted octanol–water partition coefficient (Wildman–Crippen LogP) is 5.52. The summed E-state index contributed by atoms with van der Waals surface area (Å²) in [6.07, 6.45) is 1.86. The van der Waals surface area contributed by atoms with Crippen molar-refractivity contribution in [2.24, 2.45) is 0 Å².